The van der Waals surface area contributed by atoms with Crippen molar-refractivity contribution in [3.8, 4) is 6.07 Å². The third-order valence-electron chi connectivity index (χ3n) is 2.82. The lowest BCUT2D eigenvalue weighted by atomic mass is 10.3. The van der Waals surface area contributed by atoms with Crippen molar-refractivity contribution < 1.29 is 13.3 Å². The van der Waals surface area contributed by atoms with Crippen molar-refractivity contribution in [3.63, 3.8) is 0 Å². The lowest BCUT2D eigenvalue weighted by Crippen LogP contribution is -2.28. The fourth-order valence-corrected chi connectivity index (χ4v) is 3.67. The fraction of sp³-hybridized carbons (Fsp3) is 0.167. The first-order chi connectivity index (χ1) is 11.3. The summed E-state index contributed by atoms with van der Waals surface area (Å²) in [4.78, 5) is 9.87. The molecule has 0 fully saturated rings. The molecule has 0 spiro atoms. The van der Waals surface area contributed by atoms with E-state index in [1.807, 2.05) is 6.07 Å². The van der Waals surface area contributed by atoms with Crippen LogP contribution in [0.25, 0.3) is 0 Å². The maximum Gasteiger partial charge on any atom is 0.269 e. The van der Waals surface area contributed by atoms with Crippen LogP contribution in [0.2, 0.25) is 5.15 Å². The van der Waals surface area contributed by atoms with Gasteiger partial charge in [0.2, 0.25) is 10.0 Å². The molecule has 9 nitrogen and oxygen atoms in total. The van der Waals surface area contributed by atoms with Gasteiger partial charge in [-0.05, 0) is 23.7 Å². The largest absolute Gasteiger partial charge is 0.373 e. The van der Waals surface area contributed by atoms with Gasteiger partial charge in [-0.3, -0.25) is 10.1 Å². The molecule has 24 heavy (non-hydrogen) atoms. The number of anilines is 1. The van der Waals surface area contributed by atoms with Gasteiger partial charge in [-0.15, -0.1) is 0 Å². The lowest BCUT2D eigenvalue weighted by Gasteiger charge is -2.07. The Morgan fingerprint density at radius 2 is 2.00 bits per heavy atom. The first-order valence-electron chi connectivity index (χ1n) is 6.38. The fourth-order valence-electron chi connectivity index (χ4n) is 1.68. The van der Waals surface area contributed by atoms with E-state index in [-0.39, 0.29) is 34.4 Å². The molecule has 1 aromatic carbocycles. The number of nitro groups is 1. The van der Waals surface area contributed by atoms with E-state index >= 15 is 0 Å². The molecule has 126 valence electrons. The summed E-state index contributed by atoms with van der Waals surface area (Å²) in [6.45, 7) is 0.249. The van der Waals surface area contributed by atoms with Crippen LogP contribution in [0.5, 0.6) is 0 Å². The van der Waals surface area contributed by atoms with E-state index < -0.39 is 14.9 Å². The van der Waals surface area contributed by atoms with Crippen LogP contribution in [-0.4, -0.2) is 30.8 Å². The molecule has 2 N–H and O–H groups in total. The second kappa shape index (κ2) is 7.54. The van der Waals surface area contributed by atoms with Crippen molar-refractivity contribution in [2.24, 2.45) is 0 Å². The summed E-state index contributed by atoms with van der Waals surface area (Å²) in [6.07, 6.45) is 0. The zero-order chi connectivity index (χ0) is 17.7. The summed E-state index contributed by atoms with van der Waals surface area (Å²) in [5.41, 5.74) is 0.0154. The van der Waals surface area contributed by atoms with Crippen LogP contribution >= 0.6 is 23.1 Å². The van der Waals surface area contributed by atoms with Crippen molar-refractivity contribution in [1.29, 1.82) is 5.26 Å². The maximum atomic E-state index is 12.1. The number of nitrogens with one attached hydrogen (secondary N) is 2. The zero-order valence-corrected chi connectivity index (χ0v) is 14.3. The quantitative estimate of drug-likeness (QED) is 0.420. The highest BCUT2D eigenvalue weighted by Gasteiger charge is 2.16. The average Bonchev–Trinajstić information content (AvgIpc) is 2.91. The molecular formula is C12H10ClN5O4S2. The van der Waals surface area contributed by atoms with Crippen LogP contribution in [0.3, 0.4) is 0 Å². The SMILES string of the molecule is N#Cc1c(Cl)nsc1NCCNS(=O)(=O)c1ccc([N+](=O)[O-])cc1. The molecule has 0 saturated carbocycles. The van der Waals surface area contributed by atoms with Gasteiger partial charge in [-0.25, -0.2) is 13.1 Å². The van der Waals surface area contributed by atoms with Crippen LogP contribution in [0.4, 0.5) is 10.7 Å². The summed E-state index contributed by atoms with van der Waals surface area (Å²) in [6, 6.07) is 6.45. The standard InChI is InChI=1S/C12H10ClN5O4S2/c13-11-10(7-14)12(23-17-11)15-5-6-16-24(21,22)9-3-1-8(2-4-9)18(19)20/h1-4,15-16H,5-6H2. The number of benzene rings is 1. The number of rotatable bonds is 7. The van der Waals surface area contributed by atoms with Gasteiger partial charge in [0.25, 0.3) is 5.69 Å². The number of nitro benzene ring substituents is 1. The smallest absolute Gasteiger partial charge is 0.269 e. The molecule has 0 bridgehead atoms. The van der Waals surface area contributed by atoms with Crippen LogP contribution in [0.15, 0.2) is 29.2 Å². The van der Waals surface area contributed by atoms with Gasteiger partial charge >= 0.3 is 0 Å². The number of hydrogen-bond donors (Lipinski definition) is 2. The monoisotopic (exact) mass is 387 g/mol. The minimum atomic E-state index is -3.78. The van der Waals surface area contributed by atoms with Crippen LogP contribution in [0.1, 0.15) is 5.56 Å². The summed E-state index contributed by atoms with van der Waals surface area (Å²) in [5.74, 6) is 0. The molecule has 0 unspecified atom stereocenters. The Bertz CT molecular complexity index is 889. The summed E-state index contributed by atoms with van der Waals surface area (Å²) in [7, 11) is -3.78. The van der Waals surface area contributed by atoms with Gasteiger partial charge < -0.3 is 5.32 Å². The molecule has 2 rings (SSSR count). The molecule has 0 aliphatic carbocycles. The average molecular weight is 388 g/mol. The molecule has 1 aromatic heterocycles. The van der Waals surface area contributed by atoms with E-state index in [1.165, 1.54) is 0 Å². The van der Waals surface area contributed by atoms with Gasteiger partial charge in [0.15, 0.2) is 5.15 Å². The second-order valence-electron chi connectivity index (χ2n) is 4.36. The molecule has 12 heteroatoms. The summed E-state index contributed by atoms with van der Waals surface area (Å²) >= 11 is 6.73. The summed E-state index contributed by atoms with van der Waals surface area (Å²) in [5, 5.41) is 22.9. The Morgan fingerprint density at radius 1 is 1.33 bits per heavy atom. The van der Waals surface area contributed by atoms with Crippen LogP contribution in [-0.2, 0) is 10.0 Å². The van der Waals surface area contributed by atoms with Crippen molar-refractivity contribution in [3.05, 3.63) is 45.1 Å². The maximum absolute atomic E-state index is 12.1. The summed E-state index contributed by atoms with van der Waals surface area (Å²) < 4.78 is 30.3. The number of hydrogen-bond acceptors (Lipinski definition) is 8. The minimum absolute atomic E-state index is 0.0414. The van der Waals surface area contributed by atoms with Gasteiger partial charge in [0.1, 0.15) is 16.6 Å². The van der Waals surface area contributed by atoms with Gasteiger partial charge in [-0.2, -0.15) is 9.64 Å². The van der Waals surface area contributed by atoms with E-state index in [1.54, 1.807) is 0 Å². The van der Waals surface area contributed by atoms with E-state index in [2.05, 4.69) is 14.4 Å². The Hall–Kier alpha value is -2.26. The molecule has 0 radical (unpaired) electrons. The van der Waals surface area contributed by atoms with Gasteiger partial charge in [0, 0.05) is 25.2 Å². The van der Waals surface area contributed by atoms with Crippen molar-refractivity contribution >= 4 is 43.8 Å². The number of nitriles is 1. The predicted octanol–water partition coefficient (Wildman–Crippen LogP) is 1.97. The Labute approximate surface area is 146 Å². The molecule has 2 aromatic rings. The molecule has 0 atom stereocenters. The minimum Gasteiger partial charge on any atom is -0.373 e. The van der Waals surface area contributed by atoms with Crippen LogP contribution < -0.4 is 10.0 Å². The number of non-ortho nitro benzene ring substituents is 1. The van der Waals surface area contributed by atoms with Crippen molar-refractivity contribution in [1.82, 2.24) is 9.10 Å². The van der Waals surface area contributed by atoms with Crippen molar-refractivity contribution in [2.45, 2.75) is 4.90 Å². The topological polar surface area (TPSA) is 138 Å². The molecule has 0 aliphatic rings. The third kappa shape index (κ3) is 4.18. The number of halogens is 1. The Balaban J connectivity index is 1.93. The molecule has 1 heterocycles. The highest BCUT2D eigenvalue weighted by atomic mass is 35.5. The van der Waals surface area contributed by atoms with E-state index in [9.17, 15) is 18.5 Å². The van der Waals surface area contributed by atoms with E-state index in [0.717, 1.165) is 35.8 Å². The molecule has 0 amide bonds. The first-order valence-corrected chi connectivity index (χ1v) is 9.02. The van der Waals surface area contributed by atoms with E-state index in [0.29, 0.717) is 5.00 Å². The van der Waals surface area contributed by atoms with Gasteiger partial charge in [0.05, 0.1) is 9.82 Å². The molecular weight excluding hydrogens is 378 g/mol. The Kier molecular flexibility index (Phi) is 5.68. The second-order valence-corrected chi connectivity index (χ2v) is 7.26. The Morgan fingerprint density at radius 3 is 2.58 bits per heavy atom. The van der Waals surface area contributed by atoms with Gasteiger partial charge in [-0.1, -0.05) is 11.6 Å². The molecule has 0 saturated heterocycles. The van der Waals surface area contributed by atoms with E-state index in [4.69, 9.17) is 16.9 Å². The molecule has 0 aliphatic heterocycles. The highest BCUT2D eigenvalue weighted by Crippen LogP contribution is 2.27. The number of sulfonamides is 1. The first kappa shape index (κ1) is 18.1. The normalized spacial score (nSPS) is 11.0. The number of nitrogens with zero attached hydrogens (tertiary/aromatic N) is 3. The third-order valence-corrected chi connectivity index (χ3v) is 5.48. The lowest BCUT2D eigenvalue weighted by molar-refractivity contribution is -0.384. The highest BCUT2D eigenvalue weighted by molar-refractivity contribution is 7.89. The predicted molar refractivity (Wildman–Crippen MR) is 88.6 cm³/mol. The zero-order valence-electron chi connectivity index (χ0n) is 11.9. The van der Waals surface area contributed by atoms with Crippen molar-refractivity contribution in [2.75, 3.05) is 18.4 Å². The number of aromatic nitrogens is 1. The van der Waals surface area contributed by atoms with Crippen LogP contribution in [0, 0.1) is 21.4 Å².